The van der Waals surface area contributed by atoms with Crippen LogP contribution in [0.3, 0.4) is 0 Å². The maximum atomic E-state index is 4.50. The van der Waals surface area contributed by atoms with Gasteiger partial charge in [-0.1, -0.05) is 0 Å². The van der Waals surface area contributed by atoms with Gasteiger partial charge in [-0.25, -0.2) is 4.98 Å². The molecule has 0 aliphatic heterocycles. The van der Waals surface area contributed by atoms with Crippen molar-refractivity contribution in [3.8, 4) is 0 Å². The van der Waals surface area contributed by atoms with E-state index in [2.05, 4.69) is 37.4 Å². The van der Waals surface area contributed by atoms with E-state index in [1.54, 1.807) is 11.3 Å². The van der Waals surface area contributed by atoms with Crippen molar-refractivity contribution in [2.75, 3.05) is 7.05 Å². The summed E-state index contributed by atoms with van der Waals surface area (Å²) in [4.78, 5) is 8.89. The van der Waals surface area contributed by atoms with Crippen LogP contribution in [0.5, 0.6) is 0 Å². The van der Waals surface area contributed by atoms with Gasteiger partial charge in [0.1, 0.15) is 5.82 Å². The Bertz CT molecular complexity index is 685. The molecule has 3 rings (SSSR count). The van der Waals surface area contributed by atoms with Crippen molar-refractivity contribution in [3.63, 3.8) is 0 Å². The molecule has 0 saturated heterocycles. The van der Waals surface area contributed by atoms with E-state index in [-0.39, 0.29) is 6.04 Å². The summed E-state index contributed by atoms with van der Waals surface area (Å²) in [6.07, 6.45) is 6.63. The Morgan fingerprint density at radius 3 is 3.05 bits per heavy atom. The van der Waals surface area contributed by atoms with E-state index in [0.29, 0.717) is 0 Å². The van der Waals surface area contributed by atoms with E-state index in [9.17, 15) is 0 Å². The van der Waals surface area contributed by atoms with Crippen molar-refractivity contribution in [1.82, 2.24) is 19.9 Å². The summed E-state index contributed by atoms with van der Waals surface area (Å²) in [5.41, 5.74) is 2.28. The van der Waals surface area contributed by atoms with E-state index in [1.165, 1.54) is 10.3 Å². The lowest BCUT2D eigenvalue weighted by molar-refractivity contribution is 0.563. The molecule has 3 heterocycles. The fourth-order valence-electron chi connectivity index (χ4n) is 2.21. The van der Waals surface area contributed by atoms with Crippen molar-refractivity contribution in [2.45, 2.75) is 12.5 Å². The average molecular weight is 272 g/mol. The number of likely N-dealkylation sites (N-methyl/N-ethyl adjacent to an activating group) is 1. The monoisotopic (exact) mass is 272 g/mol. The number of aryl methyl sites for hydroxylation is 1. The second kappa shape index (κ2) is 5.11. The predicted octanol–water partition coefficient (Wildman–Crippen LogP) is 2.53. The summed E-state index contributed by atoms with van der Waals surface area (Å²) in [5, 5.41) is 5.43. The molecule has 0 bridgehead atoms. The fourth-order valence-corrected chi connectivity index (χ4v) is 3.00. The Morgan fingerprint density at radius 2 is 2.32 bits per heavy atom. The molecule has 3 aromatic heterocycles. The molecule has 0 aliphatic carbocycles. The van der Waals surface area contributed by atoms with Crippen LogP contribution in [-0.2, 0) is 13.5 Å². The van der Waals surface area contributed by atoms with Gasteiger partial charge in [0, 0.05) is 38.1 Å². The Labute approximate surface area is 116 Å². The number of hydrogen-bond acceptors (Lipinski definition) is 4. The van der Waals surface area contributed by atoms with Crippen molar-refractivity contribution in [3.05, 3.63) is 47.5 Å². The van der Waals surface area contributed by atoms with Crippen LogP contribution in [0.15, 0.2) is 36.1 Å². The second-order valence-corrected chi connectivity index (χ2v) is 5.52. The Morgan fingerprint density at radius 1 is 1.42 bits per heavy atom. The highest BCUT2D eigenvalue weighted by atomic mass is 32.1. The number of imidazole rings is 1. The van der Waals surface area contributed by atoms with Crippen LogP contribution in [0.4, 0.5) is 0 Å². The molecule has 0 saturated carbocycles. The first kappa shape index (κ1) is 12.3. The minimum absolute atomic E-state index is 0.236. The van der Waals surface area contributed by atoms with E-state index < -0.39 is 0 Å². The van der Waals surface area contributed by atoms with E-state index in [1.807, 2.05) is 32.7 Å². The molecule has 0 aliphatic rings. The molecule has 0 aromatic carbocycles. The maximum Gasteiger partial charge on any atom is 0.110 e. The summed E-state index contributed by atoms with van der Waals surface area (Å²) in [5.74, 6) is 1.07. The molecule has 3 aromatic rings. The standard InChI is InChI=1S/C14H16N4S/c1-15-12(8-14-16-4-5-18(14)2)10-7-13-11(17-9-10)3-6-19-13/h3-7,9,12,15H,8H2,1-2H3. The molecular weight excluding hydrogens is 256 g/mol. The van der Waals surface area contributed by atoms with Gasteiger partial charge in [0.25, 0.3) is 0 Å². The molecule has 0 amide bonds. The first-order valence-electron chi connectivity index (χ1n) is 6.24. The molecule has 5 heteroatoms. The van der Waals surface area contributed by atoms with Gasteiger partial charge in [0.2, 0.25) is 0 Å². The van der Waals surface area contributed by atoms with Gasteiger partial charge >= 0.3 is 0 Å². The average Bonchev–Trinajstić information content (AvgIpc) is 3.04. The Hall–Kier alpha value is -1.72. The molecule has 1 atom stereocenters. The van der Waals surface area contributed by atoms with Gasteiger partial charge < -0.3 is 9.88 Å². The van der Waals surface area contributed by atoms with Crippen molar-refractivity contribution in [2.24, 2.45) is 7.05 Å². The lowest BCUT2D eigenvalue weighted by atomic mass is 10.1. The zero-order valence-corrected chi connectivity index (χ0v) is 11.8. The van der Waals surface area contributed by atoms with Crippen LogP contribution in [0.1, 0.15) is 17.4 Å². The van der Waals surface area contributed by atoms with E-state index in [0.717, 1.165) is 17.8 Å². The molecule has 1 unspecified atom stereocenters. The Kier molecular flexibility index (Phi) is 3.31. The molecule has 1 N–H and O–H groups in total. The molecule has 0 radical (unpaired) electrons. The van der Waals surface area contributed by atoms with Gasteiger partial charge in [-0.3, -0.25) is 4.98 Å². The van der Waals surface area contributed by atoms with Gasteiger partial charge in [-0.05, 0) is 30.1 Å². The quantitative estimate of drug-likeness (QED) is 0.793. The summed E-state index contributed by atoms with van der Waals surface area (Å²) in [6, 6.07) is 4.51. The summed E-state index contributed by atoms with van der Waals surface area (Å²) < 4.78 is 3.29. The third-order valence-corrected chi connectivity index (χ3v) is 4.24. The highest BCUT2D eigenvalue weighted by Crippen LogP contribution is 2.24. The molecule has 0 spiro atoms. The number of thiophene rings is 1. The zero-order chi connectivity index (χ0) is 13.2. The fraction of sp³-hybridized carbons (Fsp3) is 0.286. The van der Waals surface area contributed by atoms with Crippen LogP contribution in [0.2, 0.25) is 0 Å². The smallest absolute Gasteiger partial charge is 0.110 e. The van der Waals surface area contributed by atoms with E-state index >= 15 is 0 Å². The summed E-state index contributed by atoms with van der Waals surface area (Å²) in [6.45, 7) is 0. The van der Waals surface area contributed by atoms with Crippen molar-refractivity contribution < 1.29 is 0 Å². The van der Waals surface area contributed by atoms with Gasteiger partial charge in [0.15, 0.2) is 0 Å². The second-order valence-electron chi connectivity index (χ2n) is 4.57. The number of fused-ring (bicyclic) bond motifs is 1. The third kappa shape index (κ3) is 2.39. The van der Waals surface area contributed by atoms with Crippen molar-refractivity contribution >= 4 is 21.6 Å². The van der Waals surface area contributed by atoms with Crippen LogP contribution < -0.4 is 5.32 Å². The number of nitrogens with one attached hydrogen (secondary N) is 1. The number of nitrogens with zero attached hydrogens (tertiary/aromatic N) is 3. The largest absolute Gasteiger partial charge is 0.338 e. The van der Waals surface area contributed by atoms with E-state index in [4.69, 9.17) is 0 Å². The summed E-state index contributed by atoms with van der Waals surface area (Å²) >= 11 is 1.73. The van der Waals surface area contributed by atoms with Gasteiger partial charge in [-0.2, -0.15) is 0 Å². The molecule has 4 nitrogen and oxygen atoms in total. The predicted molar refractivity (Wildman–Crippen MR) is 78.3 cm³/mol. The highest BCUT2D eigenvalue weighted by molar-refractivity contribution is 7.17. The van der Waals surface area contributed by atoms with Crippen LogP contribution in [-0.4, -0.2) is 21.6 Å². The zero-order valence-electron chi connectivity index (χ0n) is 11.0. The first-order chi connectivity index (χ1) is 9.28. The minimum atomic E-state index is 0.236. The lowest BCUT2D eigenvalue weighted by Crippen LogP contribution is -2.20. The SMILES string of the molecule is CNC(Cc1nccn1C)c1cnc2ccsc2c1. The first-order valence-corrected chi connectivity index (χ1v) is 7.12. The molecule has 98 valence electrons. The van der Waals surface area contributed by atoms with Gasteiger partial charge in [0.05, 0.1) is 10.2 Å². The number of rotatable bonds is 4. The molecule has 0 fully saturated rings. The number of hydrogen-bond donors (Lipinski definition) is 1. The summed E-state index contributed by atoms with van der Waals surface area (Å²) in [7, 11) is 4.00. The third-order valence-electron chi connectivity index (χ3n) is 3.38. The topological polar surface area (TPSA) is 42.7 Å². The molecule has 19 heavy (non-hydrogen) atoms. The van der Waals surface area contributed by atoms with Crippen LogP contribution in [0.25, 0.3) is 10.2 Å². The van der Waals surface area contributed by atoms with Crippen LogP contribution >= 0.6 is 11.3 Å². The Balaban J connectivity index is 1.90. The van der Waals surface area contributed by atoms with Gasteiger partial charge in [-0.15, -0.1) is 11.3 Å². The normalized spacial score (nSPS) is 12.9. The number of pyridine rings is 1. The lowest BCUT2D eigenvalue weighted by Gasteiger charge is -2.16. The molecular formula is C14H16N4S. The maximum absolute atomic E-state index is 4.50. The van der Waals surface area contributed by atoms with Crippen LogP contribution in [0, 0.1) is 0 Å². The highest BCUT2D eigenvalue weighted by Gasteiger charge is 2.14. The van der Waals surface area contributed by atoms with Crippen molar-refractivity contribution in [1.29, 1.82) is 0 Å². The number of aromatic nitrogens is 3. The minimum Gasteiger partial charge on any atom is -0.338 e.